The van der Waals surface area contributed by atoms with E-state index in [1.165, 1.54) is 0 Å². The highest BCUT2D eigenvalue weighted by Gasteiger charge is 2.26. The Labute approximate surface area is 113 Å². The fourth-order valence-corrected chi connectivity index (χ4v) is 2.30. The molecule has 0 aromatic carbocycles. The van der Waals surface area contributed by atoms with Crippen molar-refractivity contribution in [2.75, 3.05) is 37.7 Å². The van der Waals surface area contributed by atoms with Crippen molar-refractivity contribution in [3.8, 4) is 0 Å². The molecule has 1 atom stereocenters. The molecule has 6 nitrogen and oxygen atoms in total. The van der Waals surface area contributed by atoms with Gasteiger partial charge in [-0.2, -0.15) is 0 Å². The third kappa shape index (κ3) is 3.13. The molecule has 106 valence electrons. The summed E-state index contributed by atoms with van der Waals surface area (Å²) in [5, 5.41) is 3.31. The minimum absolute atomic E-state index is 0.0200. The fourth-order valence-electron chi connectivity index (χ4n) is 2.30. The topological polar surface area (TPSA) is 59.4 Å². The Balaban J connectivity index is 2.24. The first-order valence-electron chi connectivity index (χ1n) is 6.88. The lowest BCUT2D eigenvalue weighted by molar-refractivity contribution is 0.0933. The van der Waals surface area contributed by atoms with Crippen molar-refractivity contribution >= 4 is 5.82 Å². The molecule has 1 saturated heterocycles. The molecule has 1 aliphatic rings. The molecule has 1 fully saturated rings. The van der Waals surface area contributed by atoms with Gasteiger partial charge in [-0.05, 0) is 13.5 Å². The van der Waals surface area contributed by atoms with Gasteiger partial charge in [0.2, 0.25) is 0 Å². The molecular formula is C13H22N4O2. The predicted molar refractivity (Wildman–Crippen MR) is 74.7 cm³/mol. The van der Waals surface area contributed by atoms with Crippen LogP contribution in [0.1, 0.15) is 13.8 Å². The first-order valence-corrected chi connectivity index (χ1v) is 6.88. The first-order chi connectivity index (χ1) is 9.27. The van der Waals surface area contributed by atoms with Crippen LogP contribution in [0, 0.1) is 0 Å². The molecule has 1 aliphatic heterocycles. The molecule has 0 bridgehead atoms. The fraction of sp³-hybridized carbons (Fsp3) is 0.692. The number of aryl methyl sites for hydroxylation is 1. The van der Waals surface area contributed by atoms with Gasteiger partial charge in [0.1, 0.15) is 0 Å². The molecule has 1 aromatic heterocycles. The number of hydrogen-bond donors (Lipinski definition) is 1. The third-order valence-corrected chi connectivity index (χ3v) is 3.37. The predicted octanol–water partition coefficient (Wildman–Crippen LogP) is 0.0779. The van der Waals surface area contributed by atoms with Gasteiger partial charge in [0.25, 0.3) is 5.56 Å². The Morgan fingerprint density at radius 3 is 3.11 bits per heavy atom. The Bertz CT molecular complexity index is 460. The van der Waals surface area contributed by atoms with E-state index in [0.29, 0.717) is 32.1 Å². The van der Waals surface area contributed by atoms with Gasteiger partial charge in [-0.1, -0.05) is 6.92 Å². The second-order valence-corrected chi connectivity index (χ2v) is 4.57. The number of nitrogens with one attached hydrogen (secondary N) is 1. The number of aromatic nitrogens is 2. The zero-order chi connectivity index (χ0) is 13.7. The number of morpholine rings is 1. The zero-order valence-electron chi connectivity index (χ0n) is 11.6. The summed E-state index contributed by atoms with van der Waals surface area (Å²) < 4.78 is 7.19. The lowest BCUT2D eigenvalue weighted by atomic mass is 10.2. The van der Waals surface area contributed by atoms with E-state index in [0.717, 1.165) is 13.1 Å². The first kappa shape index (κ1) is 14.0. The van der Waals surface area contributed by atoms with Gasteiger partial charge in [-0.3, -0.25) is 4.79 Å². The summed E-state index contributed by atoms with van der Waals surface area (Å²) in [6.45, 7) is 8.40. The van der Waals surface area contributed by atoms with E-state index in [9.17, 15) is 4.79 Å². The van der Waals surface area contributed by atoms with Gasteiger partial charge >= 0.3 is 0 Å². The number of anilines is 1. The van der Waals surface area contributed by atoms with Crippen LogP contribution in [0.2, 0.25) is 0 Å². The van der Waals surface area contributed by atoms with Crippen LogP contribution >= 0.6 is 0 Å². The van der Waals surface area contributed by atoms with Gasteiger partial charge in [0, 0.05) is 32.0 Å². The van der Waals surface area contributed by atoms with Crippen LogP contribution in [-0.2, 0) is 11.3 Å². The van der Waals surface area contributed by atoms with Crippen LogP contribution < -0.4 is 15.8 Å². The SMILES string of the molecule is CCNCC1COCCN1c1nccn(CC)c1=O. The monoisotopic (exact) mass is 266 g/mol. The summed E-state index contributed by atoms with van der Waals surface area (Å²) >= 11 is 0. The average Bonchev–Trinajstić information content (AvgIpc) is 2.46. The van der Waals surface area contributed by atoms with Crippen molar-refractivity contribution in [3.63, 3.8) is 0 Å². The van der Waals surface area contributed by atoms with Crippen LogP contribution in [0.3, 0.4) is 0 Å². The minimum atomic E-state index is -0.0200. The molecule has 0 aliphatic carbocycles. The Morgan fingerprint density at radius 1 is 1.53 bits per heavy atom. The molecule has 1 aromatic rings. The molecule has 19 heavy (non-hydrogen) atoms. The molecular weight excluding hydrogens is 244 g/mol. The standard InChI is InChI=1S/C13H22N4O2/c1-3-14-9-11-10-19-8-7-17(11)12-13(18)16(4-2)6-5-15-12/h5-6,11,14H,3-4,7-10H2,1-2H3. The second kappa shape index (κ2) is 6.68. The van der Waals surface area contributed by atoms with Crippen LogP contribution in [-0.4, -0.2) is 48.4 Å². The van der Waals surface area contributed by atoms with Crippen molar-refractivity contribution in [2.24, 2.45) is 0 Å². The lowest BCUT2D eigenvalue weighted by Gasteiger charge is -2.36. The highest BCUT2D eigenvalue weighted by molar-refractivity contribution is 5.38. The zero-order valence-corrected chi connectivity index (χ0v) is 11.6. The maximum Gasteiger partial charge on any atom is 0.293 e. The quantitative estimate of drug-likeness (QED) is 0.818. The maximum atomic E-state index is 12.3. The van der Waals surface area contributed by atoms with Gasteiger partial charge in [0.05, 0.1) is 19.3 Å². The lowest BCUT2D eigenvalue weighted by Crippen LogP contribution is -2.52. The highest BCUT2D eigenvalue weighted by Crippen LogP contribution is 2.12. The number of rotatable bonds is 5. The molecule has 0 spiro atoms. The van der Waals surface area contributed by atoms with Crippen molar-refractivity contribution < 1.29 is 4.74 Å². The Hall–Kier alpha value is -1.40. The minimum Gasteiger partial charge on any atom is -0.377 e. The van der Waals surface area contributed by atoms with E-state index in [2.05, 4.69) is 22.1 Å². The highest BCUT2D eigenvalue weighted by atomic mass is 16.5. The van der Waals surface area contributed by atoms with Crippen molar-refractivity contribution in [2.45, 2.75) is 26.4 Å². The van der Waals surface area contributed by atoms with Crippen LogP contribution in [0.25, 0.3) is 0 Å². The molecule has 1 unspecified atom stereocenters. The van der Waals surface area contributed by atoms with E-state index >= 15 is 0 Å². The molecule has 2 rings (SSSR count). The van der Waals surface area contributed by atoms with E-state index in [-0.39, 0.29) is 11.6 Å². The molecule has 1 N–H and O–H groups in total. The maximum absolute atomic E-state index is 12.3. The Morgan fingerprint density at radius 2 is 2.37 bits per heavy atom. The van der Waals surface area contributed by atoms with Crippen molar-refractivity contribution in [3.05, 3.63) is 22.7 Å². The van der Waals surface area contributed by atoms with Crippen LogP contribution in [0.4, 0.5) is 5.82 Å². The second-order valence-electron chi connectivity index (χ2n) is 4.57. The number of nitrogens with zero attached hydrogens (tertiary/aromatic N) is 3. The molecule has 0 radical (unpaired) electrons. The van der Waals surface area contributed by atoms with Crippen LogP contribution in [0.15, 0.2) is 17.2 Å². The smallest absolute Gasteiger partial charge is 0.293 e. The molecule has 2 heterocycles. The molecule has 6 heteroatoms. The average molecular weight is 266 g/mol. The van der Waals surface area contributed by atoms with E-state index in [1.807, 2.05) is 6.92 Å². The number of ether oxygens (including phenoxy) is 1. The van der Waals surface area contributed by atoms with Gasteiger partial charge in [-0.15, -0.1) is 0 Å². The Kier molecular flexibility index (Phi) is 4.93. The van der Waals surface area contributed by atoms with Crippen molar-refractivity contribution in [1.29, 1.82) is 0 Å². The van der Waals surface area contributed by atoms with Crippen LogP contribution in [0.5, 0.6) is 0 Å². The van der Waals surface area contributed by atoms with Gasteiger partial charge < -0.3 is 19.5 Å². The molecule has 0 saturated carbocycles. The summed E-state index contributed by atoms with van der Waals surface area (Å²) in [5.74, 6) is 0.538. The summed E-state index contributed by atoms with van der Waals surface area (Å²) in [6.07, 6.45) is 3.42. The summed E-state index contributed by atoms with van der Waals surface area (Å²) in [7, 11) is 0. The summed E-state index contributed by atoms with van der Waals surface area (Å²) in [5.41, 5.74) is -0.0200. The van der Waals surface area contributed by atoms with Gasteiger partial charge in [-0.25, -0.2) is 4.98 Å². The van der Waals surface area contributed by atoms with Gasteiger partial charge in [0.15, 0.2) is 5.82 Å². The van der Waals surface area contributed by atoms with E-state index < -0.39 is 0 Å². The van der Waals surface area contributed by atoms with E-state index in [4.69, 9.17) is 4.74 Å². The molecule has 0 amide bonds. The summed E-state index contributed by atoms with van der Waals surface area (Å²) in [6, 6.07) is 0.168. The number of hydrogen-bond acceptors (Lipinski definition) is 5. The van der Waals surface area contributed by atoms with Crippen molar-refractivity contribution in [1.82, 2.24) is 14.9 Å². The van der Waals surface area contributed by atoms with E-state index in [1.54, 1.807) is 17.0 Å². The normalized spacial score (nSPS) is 19.7. The largest absolute Gasteiger partial charge is 0.377 e. The summed E-state index contributed by atoms with van der Waals surface area (Å²) in [4.78, 5) is 18.7. The number of likely N-dealkylation sites (N-methyl/N-ethyl adjacent to an activating group) is 1. The third-order valence-electron chi connectivity index (χ3n) is 3.37.